The van der Waals surface area contributed by atoms with Gasteiger partial charge in [0, 0.05) is 18.0 Å². The third-order valence-electron chi connectivity index (χ3n) is 4.96. The predicted octanol–water partition coefficient (Wildman–Crippen LogP) is 7.32. The number of halogens is 3. The molecule has 0 bridgehead atoms. The van der Waals surface area contributed by atoms with Gasteiger partial charge in [-0.2, -0.15) is 4.98 Å². The molecule has 0 aliphatic rings. The van der Waals surface area contributed by atoms with E-state index in [1.807, 2.05) is 16.8 Å². The van der Waals surface area contributed by atoms with Gasteiger partial charge in [0.15, 0.2) is 0 Å². The maximum atomic E-state index is 6.46. The number of benzene rings is 2. The van der Waals surface area contributed by atoms with Gasteiger partial charge in [0.2, 0.25) is 5.95 Å². The van der Waals surface area contributed by atoms with Crippen molar-refractivity contribution in [3.05, 3.63) is 70.0 Å². The van der Waals surface area contributed by atoms with Crippen molar-refractivity contribution >= 4 is 41.6 Å². The minimum Gasteiger partial charge on any atom is -0.332 e. The lowest BCUT2D eigenvalue weighted by Gasteiger charge is -2.31. The molecule has 1 atom stereocenters. The summed E-state index contributed by atoms with van der Waals surface area (Å²) in [6.45, 7) is 7.38. The van der Waals surface area contributed by atoms with Crippen LogP contribution in [0.5, 0.6) is 0 Å². The van der Waals surface area contributed by atoms with Crippen LogP contribution in [0.4, 0.5) is 5.95 Å². The molecule has 0 radical (unpaired) electrons. The first kappa shape index (κ1) is 24.5. The Morgan fingerprint density at radius 1 is 1.00 bits per heavy atom. The van der Waals surface area contributed by atoms with E-state index in [-0.39, 0.29) is 18.4 Å². The predicted molar refractivity (Wildman–Crippen MR) is 130 cm³/mol. The molecule has 0 aliphatic heterocycles. The molecular weight excluding hydrogens is 439 g/mol. The molecule has 3 aromatic rings. The highest BCUT2D eigenvalue weighted by molar-refractivity contribution is 6.35. The zero-order chi connectivity index (χ0) is 20.8. The second kappa shape index (κ2) is 11.6. The lowest BCUT2D eigenvalue weighted by atomic mass is 10.0. The number of hydrogen-bond acceptors (Lipinski definition) is 3. The van der Waals surface area contributed by atoms with E-state index in [1.165, 1.54) is 5.56 Å². The van der Waals surface area contributed by atoms with Gasteiger partial charge in [-0.15, -0.1) is 17.5 Å². The number of rotatable bonds is 9. The van der Waals surface area contributed by atoms with Gasteiger partial charge in [0.05, 0.1) is 16.8 Å². The number of nitrogens with zero attached hydrogens (tertiary/aromatic N) is 4. The first-order valence-electron chi connectivity index (χ1n) is 10.3. The summed E-state index contributed by atoms with van der Waals surface area (Å²) >= 11 is 12.5. The summed E-state index contributed by atoms with van der Waals surface area (Å²) in [6, 6.07) is 16.3. The van der Waals surface area contributed by atoms with Crippen LogP contribution in [0.1, 0.15) is 57.5 Å². The fraction of sp³-hybridized carbons (Fsp3) is 0.391. The van der Waals surface area contributed by atoms with E-state index < -0.39 is 0 Å². The molecule has 0 amide bonds. The van der Waals surface area contributed by atoms with Crippen molar-refractivity contribution in [2.24, 2.45) is 0 Å². The van der Waals surface area contributed by atoms with Gasteiger partial charge < -0.3 is 4.90 Å². The number of hydrogen-bond donors (Lipinski definition) is 0. The summed E-state index contributed by atoms with van der Waals surface area (Å²) in [4.78, 5) is 7.23. The van der Waals surface area contributed by atoms with Crippen LogP contribution in [0.25, 0.3) is 5.69 Å². The smallest absolute Gasteiger partial charge is 0.245 e. The highest BCUT2D eigenvalue weighted by atomic mass is 35.5. The normalized spacial score (nSPS) is 11.8. The second-order valence-corrected chi connectivity index (χ2v) is 7.94. The monoisotopic (exact) mass is 466 g/mol. The topological polar surface area (TPSA) is 34.0 Å². The standard InChI is InChI=1S/C23H28Cl2N4.ClH/c1-4-10-20(17-11-8-7-9-12-17)28(15-5-2)23-26-22(6-3)29(27-23)21-14-13-18(24)16-19(21)25;/h7-9,11-14,16,20H,4-6,10,15H2,1-3H3;1H/t20-;/m0./s1. The van der Waals surface area contributed by atoms with Crippen LogP contribution in [0.2, 0.25) is 10.0 Å². The van der Waals surface area contributed by atoms with Gasteiger partial charge in [-0.3, -0.25) is 0 Å². The van der Waals surface area contributed by atoms with Gasteiger partial charge in [-0.25, -0.2) is 4.68 Å². The van der Waals surface area contributed by atoms with Gasteiger partial charge in [-0.05, 0) is 36.6 Å². The quantitative estimate of drug-likeness (QED) is 0.330. The first-order chi connectivity index (χ1) is 14.1. The summed E-state index contributed by atoms with van der Waals surface area (Å²) in [6.07, 6.45) is 3.91. The van der Waals surface area contributed by atoms with Gasteiger partial charge in [-0.1, -0.05) is 80.7 Å². The second-order valence-electron chi connectivity index (χ2n) is 7.10. The summed E-state index contributed by atoms with van der Waals surface area (Å²) in [5.74, 6) is 1.63. The highest BCUT2D eigenvalue weighted by Crippen LogP contribution is 2.31. The SMILES string of the molecule is CCC[C@@H](c1ccccc1)N(CCC)c1nc(CC)n(-c2ccc(Cl)cc2Cl)n1.Cl. The van der Waals surface area contributed by atoms with E-state index >= 15 is 0 Å². The Bertz CT molecular complexity index is 927. The molecule has 1 heterocycles. The number of aromatic nitrogens is 3. The summed E-state index contributed by atoms with van der Waals surface area (Å²) in [7, 11) is 0. The van der Waals surface area contributed by atoms with Crippen molar-refractivity contribution in [3.8, 4) is 5.69 Å². The molecule has 0 unspecified atom stereocenters. The molecule has 0 fully saturated rings. The van der Waals surface area contributed by atoms with E-state index in [2.05, 4.69) is 56.0 Å². The zero-order valence-corrected chi connectivity index (χ0v) is 20.0. The first-order valence-corrected chi connectivity index (χ1v) is 11.1. The lowest BCUT2D eigenvalue weighted by molar-refractivity contribution is 0.551. The molecule has 0 saturated carbocycles. The Labute approximate surface area is 195 Å². The summed E-state index contributed by atoms with van der Waals surface area (Å²) < 4.78 is 1.85. The fourth-order valence-corrected chi connectivity index (χ4v) is 4.10. The van der Waals surface area contributed by atoms with E-state index in [0.29, 0.717) is 10.0 Å². The van der Waals surface area contributed by atoms with Gasteiger partial charge in [0.1, 0.15) is 5.82 Å². The average molecular weight is 468 g/mol. The molecule has 0 aliphatic carbocycles. The average Bonchev–Trinajstić information content (AvgIpc) is 3.15. The minimum absolute atomic E-state index is 0. The van der Waals surface area contributed by atoms with Crippen molar-refractivity contribution in [2.45, 2.75) is 52.5 Å². The largest absolute Gasteiger partial charge is 0.332 e. The van der Waals surface area contributed by atoms with E-state index in [1.54, 1.807) is 6.07 Å². The van der Waals surface area contributed by atoms with E-state index in [0.717, 1.165) is 49.7 Å². The number of aryl methyl sites for hydroxylation is 1. The Balaban J connectivity index is 0.00000320. The molecule has 30 heavy (non-hydrogen) atoms. The summed E-state index contributed by atoms with van der Waals surface area (Å²) in [5, 5.41) is 6.07. The van der Waals surface area contributed by atoms with Crippen LogP contribution in [-0.2, 0) is 6.42 Å². The van der Waals surface area contributed by atoms with Crippen molar-refractivity contribution in [2.75, 3.05) is 11.4 Å². The Kier molecular flexibility index (Phi) is 9.47. The van der Waals surface area contributed by atoms with Gasteiger partial charge >= 0.3 is 0 Å². The van der Waals surface area contributed by atoms with Crippen LogP contribution < -0.4 is 4.90 Å². The molecular formula is C23H29Cl3N4. The summed E-state index contributed by atoms with van der Waals surface area (Å²) in [5.41, 5.74) is 2.09. The van der Waals surface area contributed by atoms with Crippen molar-refractivity contribution in [1.29, 1.82) is 0 Å². The third kappa shape index (κ3) is 5.48. The van der Waals surface area contributed by atoms with Crippen LogP contribution in [0.15, 0.2) is 48.5 Å². The highest BCUT2D eigenvalue weighted by Gasteiger charge is 2.24. The molecule has 0 spiro atoms. The molecule has 4 nitrogen and oxygen atoms in total. The minimum atomic E-state index is 0. The molecule has 7 heteroatoms. The number of anilines is 1. The molecule has 1 aromatic heterocycles. The molecule has 0 N–H and O–H groups in total. The van der Waals surface area contributed by atoms with Crippen LogP contribution in [0, 0.1) is 0 Å². The Morgan fingerprint density at radius 2 is 1.73 bits per heavy atom. The van der Waals surface area contributed by atoms with E-state index in [4.69, 9.17) is 33.3 Å². The van der Waals surface area contributed by atoms with Crippen LogP contribution >= 0.6 is 35.6 Å². The van der Waals surface area contributed by atoms with E-state index in [9.17, 15) is 0 Å². The lowest BCUT2D eigenvalue weighted by Crippen LogP contribution is -2.30. The molecule has 162 valence electrons. The Morgan fingerprint density at radius 3 is 2.33 bits per heavy atom. The molecule has 3 rings (SSSR count). The maximum Gasteiger partial charge on any atom is 0.245 e. The fourth-order valence-electron chi connectivity index (χ4n) is 3.62. The molecule has 2 aromatic carbocycles. The van der Waals surface area contributed by atoms with Crippen LogP contribution in [0.3, 0.4) is 0 Å². The van der Waals surface area contributed by atoms with Crippen molar-refractivity contribution in [1.82, 2.24) is 14.8 Å². The molecule has 0 saturated heterocycles. The maximum absolute atomic E-state index is 6.46. The zero-order valence-electron chi connectivity index (χ0n) is 17.7. The van der Waals surface area contributed by atoms with Crippen molar-refractivity contribution < 1.29 is 0 Å². The van der Waals surface area contributed by atoms with Gasteiger partial charge in [0.25, 0.3) is 0 Å². The third-order valence-corrected chi connectivity index (χ3v) is 5.50. The van der Waals surface area contributed by atoms with Crippen LogP contribution in [-0.4, -0.2) is 21.3 Å². The Hall–Kier alpha value is -1.75. The van der Waals surface area contributed by atoms with Crippen molar-refractivity contribution in [3.63, 3.8) is 0 Å².